The predicted molar refractivity (Wildman–Crippen MR) is 149 cm³/mol. The number of rotatable bonds is 11. The minimum Gasteiger partial charge on any atom is -0.465 e. The second kappa shape index (κ2) is 13.5. The first kappa shape index (κ1) is 29.2. The third kappa shape index (κ3) is 7.37. The van der Waals surface area contributed by atoms with E-state index in [0.29, 0.717) is 39.4 Å². The van der Waals surface area contributed by atoms with Crippen LogP contribution in [0.1, 0.15) is 46.4 Å². The normalized spacial score (nSPS) is 11.6. The van der Waals surface area contributed by atoms with Crippen molar-refractivity contribution in [2.24, 2.45) is 5.92 Å². The fraction of sp³-hybridized carbons (Fsp3) is 0.269. The van der Waals surface area contributed by atoms with Crippen molar-refractivity contribution in [1.82, 2.24) is 20.1 Å². The lowest BCUT2D eigenvalue weighted by Gasteiger charge is -2.23. The van der Waals surface area contributed by atoms with Crippen LogP contribution in [0.5, 0.6) is 0 Å². The van der Waals surface area contributed by atoms with Gasteiger partial charge in [0.2, 0.25) is 5.91 Å². The molecule has 0 fully saturated rings. The highest BCUT2D eigenvalue weighted by Gasteiger charge is 2.27. The number of nitrogens with zero attached hydrogens (tertiary/aromatic N) is 3. The molecular formula is C26H27Cl2N5O4S. The molecule has 2 aromatic carbocycles. The topological polar surface area (TPSA) is 115 Å². The van der Waals surface area contributed by atoms with Crippen LogP contribution in [-0.4, -0.2) is 45.4 Å². The Kier molecular flexibility index (Phi) is 10.3. The Balaban J connectivity index is 1.72. The molecule has 1 aromatic heterocycles. The zero-order chi connectivity index (χ0) is 27.8. The van der Waals surface area contributed by atoms with E-state index in [0.717, 1.165) is 0 Å². The summed E-state index contributed by atoms with van der Waals surface area (Å²) in [4.78, 5) is 37.1. The van der Waals surface area contributed by atoms with Crippen molar-refractivity contribution >= 4 is 58.4 Å². The number of esters is 1. The summed E-state index contributed by atoms with van der Waals surface area (Å²) in [7, 11) is 1.30. The number of hydrogen-bond acceptors (Lipinski definition) is 7. The van der Waals surface area contributed by atoms with Crippen LogP contribution in [-0.2, 0) is 16.1 Å². The summed E-state index contributed by atoms with van der Waals surface area (Å²) >= 11 is 13.4. The number of carbonyl (C=O) groups is 3. The van der Waals surface area contributed by atoms with Gasteiger partial charge in [0.25, 0.3) is 5.91 Å². The fourth-order valence-corrected chi connectivity index (χ4v) is 4.74. The summed E-state index contributed by atoms with van der Waals surface area (Å²) in [6.45, 7) is 8.09. The van der Waals surface area contributed by atoms with Gasteiger partial charge in [0.15, 0.2) is 11.0 Å². The lowest BCUT2D eigenvalue weighted by atomic mass is 10.0. The molecule has 0 aliphatic heterocycles. The van der Waals surface area contributed by atoms with Crippen LogP contribution in [0.25, 0.3) is 0 Å². The molecule has 38 heavy (non-hydrogen) atoms. The highest BCUT2D eigenvalue weighted by Crippen LogP contribution is 2.27. The van der Waals surface area contributed by atoms with Gasteiger partial charge in [0, 0.05) is 17.3 Å². The van der Waals surface area contributed by atoms with Crippen LogP contribution in [0, 0.1) is 5.92 Å². The van der Waals surface area contributed by atoms with Crippen molar-refractivity contribution < 1.29 is 19.1 Å². The number of carbonyl (C=O) groups excluding carboxylic acids is 3. The molecule has 0 saturated heterocycles. The maximum Gasteiger partial charge on any atom is 0.337 e. The maximum absolute atomic E-state index is 13.0. The lowest BCUT2D eigenvalue weighted by molar-refractivity contribution is -0.113. The van der Waals surface area contributed by atoms with Gasteiger partial charge >= 0.3 is 5.97 Å². The van der Waals surface area contributed by atoms with Crippen LogP contribution >= 0.6 is 35.0 Å². The monoisotopic (exact) mass is 575 g/mol. The van der Waals surface area contributed by atoms with Crippen molar-refractivity contribution in [3.05, 3.63) is 82.1 Å². The van der Waals surface area contributed by atoms with E-state index in [2.05, 4.69) is 32.1 Å². The Morgan fingerprint density at radius 1 is 1.13 bits per heavy atom. The highest BCUT2D eigenvalue weighted by molar-refractivity contribution is 7.99. The molecule has 0 aliphatic carbocycles. The van der Waals surface area contributed by atoms with E-state index in [4.69, 9.17) is 23.2 Å². The summed E-state index contributed by atoms with van der Waals surface area (Å²) < 4.78 is 6.49. The van der Waals surface area contributed by atoms with Crippen molar-refractivity contribution in [2.45, 2.75) is 31.6 Å². The van der Waals surface area contributed by atoms with Gasteiger partial charge < -0.3 is 19.9 Å². The standard InChI is InChI=1S/C26H27Cl2N5O4S/c1-5-12-33-23(22(15(2)3)30-24(35)19-11-8-17(27)13-20(19)28)31-32-26(33)38-14-21(34)29-18-9-6-16(7-10-18)25(36)37-4/h5-11,13,15,22H,1,12,14H2,2-4H3,(H,29,34)(H,30,35)/t22-/m0/s1. The van der Waals surface area contributed by atoms with Gasteiger partial charge in [-0.15, -0.1) is 16.8 Å². The minimum absolute atomic E-state index is 0.0353. The number of allylic oxidation sites excluding steroid dienone is 1. The Labute approximate surface area is 234 Å². The van der Waals surface area contributed by atoms with Gasteiger partial charge in [0.1, 0.15) is 0 Å². The molecule has 1 atom stereocenters. The summed E-state index contributed by atoms with van der Waals surface area (Å²) in [5.41, 5.74) is 1.22. The van der Waals surface area contributed by atoms with Crippen LogP contribution < -0.4 is 10.6 Å². The lowest BCUT2D eigenvalue weighted by Crippen LogP contribution is -2.34. The van der Waals surface area contributed by atoms with Gasteiger partial charge in [-0.25, -0.2) is 4.79 Å². The number of halogens is 2. The van der Waals surface area contributed by atoms with E-state index >= 15 is 0 Å². The molecule has 9 nitrogen and oxygen atoms in total. The van der Waals surface area contributed by atoms with Gasteiger partial charge in [-0.3, -0.25) is 9.59 Å². The summed E-state index contributed by atoms with van der Waals surface area (Å²) in [5.74, 6) is -0.533. The SMILES string of the molecule is C=CCn1c(SCC(=O)Nc2ccc(C(=O)OC)cc2)nnc1[C@@H](NC(=O)c1ccc(Cl)cc1Cl)C(C)C. The molecule has 2 amide bonds. The highest BCUT2D eigenvalue weighted by atomic mass is 35.5. The van der Waals surface area contributed by atoms with Crippen LogP contribution in [0.3, 0.4) is 0 Å². The Hall–Kier alpha value is -3.34. The number of hydrogen-bond donors (Lipinski definition) is 2. The zero-order valence-corrected chi connectivity index (χ0v) is 23.4. The molecule has 3 aromatic rings. The van der Waals surface area contributed by atoms with E-state index < -0.39 is 12.0 Å². The van der Waals surface area contributed by atoms with E-state index in [1.165, 1.54) is 24.9 Å². The molecule has 12 heteroatoms. The molecule has 0 spiro atoms. The van der Waals surface area contributed by atoms with Crippen LogP contribution in [0.4, 0.5) is 5.69 Å². The van der Waals surface area contributed by atoms with Crippen molar-refractivity contribution in [3.8, 4) is 0 Å². The molecule has 1 heterocycles. The van der Waals surface area contributed by atoms with E-state index in [-0.39, 0.29) is 28.5 Å². The van der Waals surface area contributed by atoms with E-state index in [1.807, 2.05) is 18.4 Å². The molecule has 2 N–H and O–H groups in total. The van der Waals surface area contributed by atoms with Crippen molar-refractivity contribution in [1.29, 1.82) is 0 Å². The minimum atomic E-state index is -0.488. The molecule has 200 valence electrons. The van der Waals surface area contributed by atoms with Crippen molar-refractivity contribution in [2.75, 3.05) is 18.2 Å². The summed E-state index contributed by atoms with van der Waals surface area (Å²) in [6, 6.07) is 10.6. The first-order chi connectivity index (χ1) is 18.1. The quantitative estimate of drug-likeness (QED) is 0.178. The number of benzene rings is 2. The van der Waals surface area contributed by atoms with E-state index in [1.54, 1.807) is 42.5 Å². The number of nitrogens with one attached hydrogen (secondary N) is 2. The first-order valence-corrected chi connectivity index (χ1v) is 13.3. The second-order valence-electron chi connectivity index (χ2n) is 8.47. The summed E-state index contributed by atoms with van der Waals surface area (Å²) in [5, 5.41) is 15.6. The third-order valence-corrected chi connectivity index (χ3v) is 6.90. The molecule has 0 saturated carbocycles. The molecule has 0 aliphatic rings. The number of aromatic nitrogens is 3. The predicted octanol–water partition coefficient (Wildman–Crippen LogP) is 5.42. The molecule has 3 rings (SSSR count). The number of ether oxygens (including phenoxy) is 1. The molecule has 0 bridgehead atoms. The summed E-state index contributed by atoms with van der Waals surface area (Å²) in [6.07, 6.45) is 1.69. The maximum atomic E-state index is 13.0. The van der Waals surface area contributed by atoms with Gasteiger partial charge in [-0.2, -0.15) is 0 Å². The molecular weight excluding hydrogens is 549 g/mol. The molecule has 0 unspecified atom stereocenters. The largest absolute Gasteiger partial charge is 0.465 e. The fourth-order valence-electron chi connectivity index (χ4n) is 3.49. The van der Waals surface area contributed by atoms with Crippen LogP contribution in [0.2, 0.25) is 10.0 Å². The Morgan fingerprint density at radius 3 is 2.45 bits per heavy atom. The zero-order valence-electron chi connectivity index (χ0n) is 21.0. The Morgan fingerprint density at radius 2 is 1.84 bits per heavy atom. The number of methoxy groups -OCH3 is 1. The average molecular weight is 577 g/mol. The van der Waals surface area contributed by atoms with Gasteiger partial charge in [-0.05, 0) is 48.4 Å². The number of anilines is 1. The average Bonchev–Trinajstić information content (AvgIpc) is 3.27. The smallest absolute Gasteiger partial charge is 0.337 e. The van der Waals surface area contributed by atoms with Gasteiger partial charge in [-0.1, -0.05) is 54.9 Å². The van der Waals surface area contributed by atoms with Crippen LogP contribution in [0.15, 0.2) is 60.3 Å². The number of thioether (sulfide) groups is 1. The van der Waals surface area contributed by atoms with Gasteiger partial charge in [0.05, 0.1) is 35.1 Å². The third-order valence-electron chi connectivity index (χ3n) is 5.39. The second-order valence-corrected chi connectivity index (χ2v) is 10.3. The van der Waals surface area contributed by atoms with Crippen molar-refractivity contribution in [3.63, 3.8) is 0 Å². The molecule has 0 radical (unpaired) electrons. The van der Waals surface area contributed by atoms with E-state index in [9.17, 15) is 14.4 Å². The first-order valence-electron chi connectivity index (χ1n) is 11.6. The number of amides is 2. The Bertz CT molecular complexity index is 1330.